The normalized spacial score (nSPS) is 22.9. The molecule has 1 N–H and O–H groups in total. The van der Waals surface area contributed by atoms with Gasteiger partial charge >= 0.3 is 0 Å². The standard InChI is InChI=1S/C10H16ClNOS2/c1-7(2)8-6-15-10(14)12(8)9(13)4-3-5-11/h4,7-8,13H,3,5-6H2,1-2H3/b9-4-/t8-/m1/s1. The van der Waals surface area contributed by atoms with E-state index < -0.39 is 0 Å². The van der Waals surface area contributed by atoms with Crippen LogP contribution in [-0.2, 0) is 0 Å². The molecule has 1 atom stereocenters. The summed E-state index contributed by atoms with van der Waals surface area (Å²) in [6.45, 7) is 4.28. The molecule has 1 aliphatic heterocycles. The van der Waals surface area contributed by atoms with E-state index in [0.29, 0.717) is 24.3 Å². The Morgan fingerprint density at radius 3 is 3.00 bits per heavy atom. The quantitative estimate of drug-likeness (QED) is 0.478. The van der Waals surface area contributed by atoms with Crippen molar-refractivity contribution in [3.8, 4) is 0 Å². The van der Waals surface area contributed by atoms with Crippen molar-refractivity contribution in [2.75, 3.05) is 11.6 Å². The summed E-state index contributed by atoms with van der Waals surface area (Å²) in [4.78, 5) is 1.84. The zero-order valence-corrected chi connectivity index (χ0v) is 11.3. The maximum Gasteiger partial charge on any atom is 0.188 e. The second kappa shape index (κ2) is 5.97. The molecule has 0 spiro atoms. The molecule has 0 aromatic heterocycles. The lowest BCUT2D eigenvalue weighted by Gasteiger charge is -2.27. The van der Waals surface area contributed by atoms with Crippen LogP contribution in [0.25, 0.3) is 0 Å². The highest BCUT2D eigenvalue weighted by Crippen LogP contribution is 2.31. The van der Waals surface area contributed by atoms with Gasteiger partial charge < -0.3 is 5.11 Å². The van der Waals surface area contributed by atoms with Gasteiger partial charge in [0.25, 0.3) is 0 Å². The molecule has 15 heavy (non-hydrogen) atoms. The first-order valence-electron chi connectivity index (χ1n) is 4.99. The van der Waals surface area contributed by atoms with Crippen LogP contribution in [0.5, 0.6) is 0 Å². The van der Waals surface area contributed by atoms with Crippen molar-refractivity contribution in [2.45, 2.75) is 26.3 Å². The van der Waals surface area contributed by atoms with Crippen molar-refractivity contribution in [3.05, 3.63) is 12.0 Å². The predicted octanol–water partition coefficient (Wildman–Crippen LogP) is 3.37. The summed E-state index contributed by atoms with van der Waals surface area (Å²) in [6, 6.07) is 0.300. The monoisotopic (exact) mass is 265 g/mol. The molecule has 86 valence electrons. The topological polar surface area (TPSA) is 23.5 Å². The van der Waals surface area contributed by atoms with E-state index in [1.807, 2.05) is 4.90 Å². The highest BCUT2D eigenvalue weighted by atomic mass is 35.5. The van der Waals surface area contributed by atoms with Gasteiger partial charge in [0.1, 0.15) is 4.32 Å². The SMILES string of the molecule is CC(C)[C@H]1CSC(=S)N1/C(O)=C/CCCl. The Hall–Kier alpha value is 0.0700. The smallest absolute Gasteiger partial charge is 0.188 e. The molecule has 0 unspecified atom stereocenters. The summed E-state index contributed by atoms with van der Waals surface area (Å²) in [5.74, 6) is 2.20. The molecule has 0 bridgehead atoms. The number of nitrogens with zero attached hydrogens (tertiary/aromatic N) is 1. The van der Waals surface area contributed by atoms with E-state index in [-0.39, 0.29) is 5.88 Å². The van der Waals surface area contributed by atoms with Crippen molar-refractivity contribution in [1.29, 1.82) is 0 Å². The van der Waals surface area contributed by atoms with Crippen LogP contribution in [-0.4, -0.2) is 32.0 Å². The van der Waals surface area contributed by atoms with E-state index in [4.69, 9.17) is 23.8 Å². The van der Waals surface area contributed by atoms with E-state index in [9.17, 15) is 5.11 Å². The van der Waals surface area contributed by atoms with Gasteiger partial charge in [-0.3, -0.25) is 4.90 Å². The molecular weight excluding hydrogens is 250 g/mol. The van der Waals surface area contributed by atoms with Gasteiger partial charge in [-0.15, -0.1) is 11.6 Å². The minimum atomic E-state index is 0.254. The van der Waals surface area contributed by atoms with E-state index in [1.165, 1.54) is 0 Å². The van der Waals surface area contributed by atoms with Crippen LogP contribution in [0.1, 0.15) is 20.3 Å². The number of halogens is 1. The number of rotatable bonds is 4. The van der Waals surface area contributed by atoms with Crippen molar-refractivity contribution in [2.24, 2.45) is 5.92 Å². The molecule has 0 radical (unpaired) electrons. The van der Waals surface area contributed by atoms with Gasteiger partial charge in [0.05, 0.1) is 6.04 Å². The molecule has 1 rings (SSSR count). The van der Waals surface area contributed by atoms with E-state index in [2.05, 4.69) is 13.8 Å². The maximum atomic E-state index is 9.90. The summed E-state index contributed by atoms with van der Waals surface area (Å²) in [6.07, 6.45) is 2.41. The average molecular weight is 266 g/mol. The van der Waals surface area contributed by atoms with Crippen LogP contribution in [0.3, 0.4) is 0 Å². The molecule has 5 heteroatoms. The van der Waals surface area contributed by atoms with Crippen LogP contribution >= 0.6 is 35.6 Å². The van der Waals surface area contributed by atoms with Gasteiger partial charge in [-0.25, -0.2) is 0 Å². The fourth-order valence-corrected chi connectivity index (χ4v) is 3.23. The third kappa shape index (κ3) is 3.26. The summed E-state index contributed by atoms with van der Waals surface area (Å²) in [7, 11) is 0. The van der Waals surface area contributed by atoms with Crippen LogP contribution in [0, 0.1) is 5.92 Å². The van der Waals surface area contributed by atoms with Crippen molar-refractivity contribution in [1.82, 2.24) is 4.90 Å². The highest BCUT2D eigenvalue weighted by Gasteiger charge is 2.33. The van der Waals surface area contributed by atoms with Gasteiger partial charge in [-0.1, -0.05) is 37.8 Å². The molecule has 0 aromatic carbocycles. The number of aliphatic hydroxyl groups is 1. The van der Waals surface area contributed by atoms with E-state index in [0.717, 1.165) is 10.1 Å². The van der Waals surface area contributed by atoms with E-state index >= 15 is 0 Å². The zero-order chi connectivity index (χ0) is 11.4. The third-order valence-corrected chi connectivity index (χ3v) is 4.08. The van der Waals surface area contributed by atoms with Crippen LogP contribution < -0.4 is 0 Å². The average Bonchev–Trinajstić information content (AvgIpc) is 2.56. The molecule has 0 saturated carbocycles. The second-order valence-corrected chi connectivity index (χ2v) is 5.83. The Morgan fingerprint density at radius 2 is 2.47 bits per heavy atom. The first-order valence-corrected chi connectivity index (χ1v) is 6.91. The lowest BCUT2D eigenvalue weighted by atomic mass is 10.1. The fourth-order valence-electron chi connectivity index (χ4n) is 1.47. The molecule has 0 aromatic rings. The Morgan fingerprint density at radius 1 is 1.80 bits per heavy atom. The fraction of sp³-hybridized carbons (Fsp3) is 0.700. The van der Waals surface area contributed by atoms with Gasteiger partial charge in [-0.05, 0) is 18.4 Å². The van der Waals surface area contributed by atoms with Gasteiger partial charge in [0.15, 0.2) is 5.88 Å². The molecule has 1 fully saturated rings. The third-order valence-electron chi connectivity index (χ3n) is 2.36. The van der Waals surface area contributed by atoms with Crippen molar-refractivity contribution < 1.29 is 5.11 Å². The number of thiocarbonyl (C=S) groups is 1. The number of alkyl halides is 1. The first kappa shape index (κ1) is 13.1. The predicted molar refractivity (Wildman–Crippen MR) is 71.6 cm³/mol. The molecule has 1 heterocycles. The van der Waals surface area contributed by atoms with Gasteiger partial charge in [0.2, 0.25) is 0 Å². The van der Waals surface area contributed by atoms with Crippen molar-refractivity contribution in [3.63, 3.8) is 0 Å². The van der Waals surface area contributed by atoms with E-state index in [1.54, 1.807) is 17.8 Å². The number of thioether (sulfide) groups is 1. The molecule has 2 nitrogen and oxygen atoms in total. The Kier molecular flexibility index (Phi) is 5.23. The zero-order valence-electron chi connectivity index (χ0n) is 8.94. The van der Waals surface area contributed by atoms with Crippen LogP contribution in [0.4, 0.5) is 0 Å². The molecule has 0 amide bonds. The summed E-state index contributed by atoms with van der Waals surface area (Å²) < 4.78 is 0.761. The molecular formula is C10H16ClNOS2. The largest absolute Gasteiger partial charge is 0.495 e. The maximum absolute atomic E-state index is 9.90. The van der Waals surface area contributed by atoms with Crippen LogP contribution in [0.2, 0.25) is 0 Å². The van der Waals surface area contributed by atoms with Gasteiger partial charge in [-0.2, -0.15) is 0 Å². The molecule has 1 aliphatic rings. The van der Waals surface area contributed by atoms with Crippen molar-refractivity contribution >= 4 is 39.9 Å². The number of hydrogen-bond donors (Lipinski definition) is 1. The number of allylic oxidation sites excluding steroid dienone is 1. The summed E-state index contributed by atoms with van der Waals surface area (Å²) in [5, 5.41) is 9.90. The Bertz CT molecular complexity index is 268. The molecule has 0 aliphatic carbocycles. The lowest BCUT2D eigenvalue weighted by molar-refractivity contribution is 0.218. The summed E-state index contributed by atoms with van der Waals surface area (Å²) >= 11 is 12.4. The molecule has 1 saturated heterocycles. The Balaban J connectivity index is 2.75. The first-order chi connectivity index (χ1) is 7.07. The Labute approximate surface area is 106 Å². The lowest BCUT2D eigenvalue weighted by Crippen LogP contribution is -2.36. The summed E-state index contributed by atoms with van der Waals surface area (Å²) in [5.41, 5.74) is 0. The number of hydrogen-bond acceptors (Lipinski definition) is 3. The highest BCUT2D eigenvalue weighted by molar-refractivity contribution is 8.23. The minimum Gasteiger partial charge on any atom is -0.495 e. The minimum absolute atomic E-state index is 0.254. The van der Waals surface area contributed by atoms with Crippen LogP contribution in [0.15, 0.2) is 12.0 Å². The number of aliphatic hydroxyl groups excluding tert-OH is 1. The second-order valence-electron chi connectivity index (χ2n) is 3.80. The van der Waals surface area contributed by atoms with Gasteiger partial charge in [0, 0.05) is 11.6 Å².